The van der Waals surface area contributed by atoms with Crippen LogP contribution in [-0.2, 0) is 4.74 Å². The second-order valence-corrected chi connectivity index (χ2v) is 4.08. The van der Waals surface area contributed by atoms with Crippen molar-refractivity contribution < 1.29 is 4.74 Å². The molecule has 1 atom stereocenters. The molecule has 0 spiro atoms. The molecule has 1 unspecified atom stereocenters. The SMILES string of the molecule is CC(C)c1nc(N)[nH]c1C1CCCO1. The van der Waals surface area contributed by atoms with Crippen LogP contribution in [0.3, 0.4) is 0 Å². The Bertz CT molecular complexity index is 313. The first-order valence-corrected chi connectivity index (χ1v) is 5.15. The lowest BCUT2D eigenvalue weighted by Gasteiger charge is -2.10. The minimum Gasteiger partial charge on any atom is -0.372 e. The molecule has 4 nitrogen and oxygen atoms in total. The normalized spacial score (nSPS) is 22.1. The molecule has 0 saturated carbocycles. The van der Waals surface area contributed by atoms with Gasteiger partial charge in [0, 0.05) is 6.61 Å². The van der Waals surface area contributed by atoms with E-state index >= 15 is 0 Å². The Morgan fingerprint density at radius 1 is 1.57 bits per heavy atom. The van der Waals surface area contributed by atoms with Gasteiger partial charge in [-0.1, -0.05) is 13.8 Å². The van der Waals surface area contributed by atoms with Crippen molar-refractivity contribution in [3.05, 3.63) is 11.4 Å². The van der Waals surface area contributed by atoms with Crippen LogP contribution >= 0.6 is 0 Å². The summed E-state index contributed by atoms with van der Waals surface area (Å²) in [6, 6.07) is 0. The molecule has 2 heterocycles. The standard InChI is InChI=1S/C10H17N3O/c1-6(2)8-9(13-10(11)12-8)7-4-3-5-14-7/h6-7H,3-5H2,1-2H3,(H3,11,12,13). The lowest BCUT2D eigenvalue weighted by atomic mass is 10.0. The van der Waals surface area contributed by atoms with Gasteiger partial charge in [-0.15, -0.1) is 0 Å². The molecule has 3 N–H and O–H groups in total. The highest BCUT2D eigenvalue weighted by Gasteiger charge is 2.24. The maximum Gasteiger partial charge on any atom is 0.197 e. The molecule has 1 aromatic rings. The lowest BCUT2D eigenvalue weighted by Crippen LogP contribution is -2.02. The topological polar surface area (TPSA) is 63.9 Å². The van der Waals surface area contributed by atoms with E-state index in [4.69, 9.17) is 10.5 Å². The van der Waals surface area contributed by atoms with E-state index in [1.54, 1.807) is 0 Å². The Kier molecular flexibility index (Phi) is 2.46. The van der Waals surface area contributed by atoms with E-state index in [0.717, 1.165) is 30.8 Å². The van der Waals surface area contributed by atoms with E-state index in [2.05, 4.69) is 23.8 Å². The molecule has 0 bridgehead atoms. The molecule has 1 aliphatic rings. The van der Waals surface area contributed by atoms with Gasteiger partial charge in [0.05, 0.1) is 17.5 Å². The summed E-state index contributed by atoms with van der Waals surface area (Å²) in [4.78, 5) is 7.41. The molecular formula is C10H17N3O. The van der Waals surface area contributed by atoms with Crippen LogP contribution < -0.4 is 5.73 Å². The van der Waals surface area contributed by atoms with Gasteiger partial charge in [0.25, 0.3) is 0 Å². The summed E-state index contributed by atoms with van der Waals surface area (Å²) >= 11 is 0. The molecule has 78 valence electrons. The first-order chi connectivity index (χ1) is 6.68. The zero-order valence-corrected chi connectivity index (χ0v) is 8.71. The average molecular weight is 195 g/mol. The number of hydrogen-bond donors (Lipinski definition) is 2. The molecule has 1 saturated heterocycles. The summed E-state index contributed by atoms with van der Waals surface area (Å²) in [6.45, 7) is 5.09. The summed E-state index contributed by atoms with van der Waals surface area (Å²) in [7, 11) is 0. The Hall–Kier alpha value is -1.03. The fraction of sp³-hybridized carbons (Fsp3) is 0.700. The fourth-order valence-corrected chi connectivity index (χ4v) is 1.91. The van der Waals surface area contributed by atoms with E-state index < -0.39 is 0 Å². The molecule has 14 heavy (non-hydrogen) atoms. The zero-order chi connectivity index (χ0) is 10.1. The number of nitrogens with two attached hydrogens (primary N) is 1. The Balaban J connectivity index is 2.30. The van der Waals surface area contributed by atoms with Crippen LogP contribution in [0.2, 0.25) is 0 Å². The highest BCUT2D eigenvalue weighted by Crippen LogP contribution is 2.32. The molecular weight excluding hydrogens is 178 g/mol. The first kappa shape index (κ1) is 9.52. The summed E-state index contributed by atoms with van der Waals surface area (Å²) < 4.78 is 5.62. The van der Waals surface area contributed by atoms with E-state index in [1.165, 1.54) is 0 Å². The summed E-state index contributed by atoms with van der Waals surface area (Å²) in [5.74, 6) is 0.891. The average Bonchev–Trinajstić information content (AvgIpc) is 2.70. The van der Waals surface area contributed by atoms with Crippen LogP contribution in [-0.4, -0.2) is 16.6 Å². The molecule has 0 amide bonds. The number of H-pyrrole nitrogens is 1. The second kappa shape index (κ2) is 3.61. The van der Waals surface area contributed by atoms with E-state index in [9.17, 15) is 0 Å². The predicted molar refractivity (Wildman–Crippen MR) is 55.0 cm³/mol. The smallest absolute Gasteiger partial charge is 0.197 e. The van der Waals surface area contributed by atoms with Gasteiger partial charge in [-0.05, 0) is 18.8 Å². The molecule has 0 aliphatic carbocycles. The van der Waals surface area contributed by atoms with Crippen molar-refractivity contribution in [2.24, 2.45) is 0 Å². The van der Waals surface area contributed by atoms with Crippen molar-refractivity contribution in [2.45, 2.75) is 38.7 Å². The van der Waals surface area contributed by atoms with Gasteiger partial charge in [-0.25, -0.2) is 4.98 Å². The third-order valence-electron chi connectivity index (χ3n) is 2.58. The van der Waals surface area contributed by atoms with Gasteiger partial charge in [-0.3, -0.25) is 0 Å². The number of nitrogens with one attached hydrogen (secondary N) is 1. The Morgan fingerprint density at radius 2 is 2.36 bits per heavy atom. The zero-order valence-electron chi connectivity index (χ0n) is 8.71. The number of nitrogens with zero attached hydrogens (tertiary/aromatic N) is 1. The second-order valence-electron chi connectivity index (χ2n) is 4.08. The van der Waals surface area contributed by atoms with Crippen molar-refractivity contribution in [2.75, 3.05) is 12.3 Å². The van der Waals surface area contributed by atoms with Gasteiger partial charge in [0.15, 0.2) is 5.95 Å². The predicted octanol–water partition coefficient (Wildman–Crippen LogP) is 1.97. The number of anilines is 1. The van der Waals surface area contributed by atoms with Gasteiger partial charge in [0.1, 0.15) is 0 Å². The summed E-state index contributed by atoms with van der Waals surface area (Å²) in [5, 5.41) is 0. The Morgan fingerprint density at radius 3 is 2.93 bits per heavy atom. The van der Waals surface area contributed by atoms with Crippen LogP contribution in [0, 0.1) is 0 Å². The molecule has 0 aromatic carbocycles. The van der Waals surface area contributed by atoms with Crippen molar-refractivity contribution in [3.8, 4) is 0 Å². The number of aromatic nitrogens is 2. The highest BCUT2D eigenvalue weighted by atomic mass is 16.5. The van der Waals surface area contributed by atoms with E-state index in [0.29, 0.717) is 11.9 Å². The maximum atomic E-state index is 5.66. The lowest BCUT2D eigenvalue weighted by molar-refractivity contribution is 0.108. The van der Waals surface area contributed by atoms with Crippen molar-refractivity contribution in [1.82, 2.24) is 9.97 Å². The summed E-state index contributed by atoms with van der Waals surface area (Å²) in [5.41, 5.74) is 7.79. The molecule has 2 rings (SSSR count). The third-order valence-corrected chi connectivity index (χ3v) is 2.58. The van der Waals surface area contributed by atoms with Crippen molar-refractivity contribution in [1.29, 1.82) is 0 Å². The molecule has 4 heteroatoms. The minimum atomic E-state index is 0.178. The van der Waals surface area contributed by atoms with Gasteiger partial charge in [-0.2, -0.15) is 0 Å². The number of ether oxygens (including phenoxy) is 1. The maximum absolute atomic E-state index is 5.66. The molecule has 1 fully saturated rings. The fourth-order valence-electron chi connectivity index (χ4n) is 1.91. The molecule has 0 radical (unpaired) electrons. The summed E-state index contributed by atoms with van der Waals surface area (Å²) in [6.07, 6.45) is 2.37. The molecule has 1 aromatic heterocycles. The van der Waals surface area contributed by atoms with Gasteiger partial charge < -0.3 is 15.5 Å². The van der Waals surface area contributed by atoms with Crippen LogP contribution in [0.25, 0.3) is 0 Å². The van der Waals surface area contributed by atoms with Crippen LogP contribution in [0.4, 0.5) is 5.95 Å². The number of imidazole rings is 1. The number of nitrogen functional groups attached to an aromatic ring is 1. The largest absolute Gasteiger partial charge is 0.372 e. The van der Waals surface area contributed by atoms with Gasteiger partial charge in [0.2, 0.25) is 0 Å². The number of rotatable bonds is 2. The van der Waals surface area contributed by atoms with Crippen LogP contribution in [0.5, 0.6) is 0 Å². The monoisotopic (exact) mass is 195 g/mol. The highest BCUT2D eigenvalue weighted by molar-refractivity contribution is 5.29. The molecule has 1 aliphatic heterocycles. The van der Waals surface area contributed by atoms with Crippen molar-refractivity contribution >= 4 is 5.95 Å². The first-order valence-electron chi connectivity index (χ1n) is 5.15. The number of aromatic amines is 1. The van der Waals surface area contributed by atoms with E-state index in [1.807, 2.05) is 0 Å². The number of hydrogen-bond acceptors (Lipinski definition) is 3. The quantitative estimate of drug-likeness (QED) is 0.758. The minimum absolute atomic E-state index is 0.178. The van der Waals surface area contributed by atoms with Crippen LogP contribution in [0.1, 0.15) is 50.1 Å². The van der Waals surface area contributed by atoms with E-state index in [-0.39, 0.29) is 6.10 Å². The third kappa shape index (κ3) is 1.62. The van der Waals surface area contributed by atoms with Crippen molar-refractivity contribution in [3.63, 3.8) is 0 Å². The Labute approximate surface area is 83.9 Å². The van der Waals surface area contributed by atoms with Gasteiger partial charge >= 0.3 is 0 Å². The van der Waals surface area contributed by atoms with Crippen LogP contribution in [0.15, 0.2) is 0 Å².